The van der Waals surface area contributed by atoms with Crippen molar-refractivity contribution in [2.45, 2.75) is 39.0 Å². The molecule has 18 heavy (non-hydrogen) atoms. The minimum absolute atomic E-state index is 0.208. The standard InChI is InChI=1S/C12H22N4O2/c1-3-7-10-14-11(16-15-10)12(17)13-8-5-4-6-9-18-2/h3-9H2,1-2H3,(H,13,17)(H,14,15,16). The summed E-state index contributed by atoms with van der Waals surface area (Å²) in [5.74, 6) is 0.790. The Kier molecular flexibility index (Phi) is 7.01. The molecule has 0 aliphatic carbocycles. The lowest BCUT2D eigenvalue weighted by molar-refractivity contribution is 0.0942. The van der Waals surface area contributed by atoms with Gasteiger partial charge in [-0.25, -0.2) is 4.98 Å². The number of methoxy groups -OCH3 is 1. The van der Waals surface area contributed by atoms with Gasteiger partial charge in [-0.1, -0.05) is 6.92 Å². The Morgan fingerprint density at radius 2 is 2.22 bits per heavy atom. The quantitative estimate of drug-likeness (QED) is 0.651. The first-order chi connectivity index (χ1) is 8.77. The van der Waals surface area contributed by atoms with Crippen molar-refractivity contribution in [2.75, 3.05) is 20.3 Å². The van der Waals surface area contributed by atoms with Gasteiger partial charge in [-0.3, -0.25) is 9.89 Å². The molecule has 1 aromatic heterocycles. The number of H-pyrrole nitrogens is 1. The number of nitrogens with one attached hydrogen (secondary N) is 2. The van der Waals surface area contributed by atoms with E-state index in [0.29, 0.717) is 6.54 Å². The van der Waals surface area contributed by atoms with Gasteiger partial charge in [0.05, 0.1) is 0 Å². The molecule has 2 N–H and O–H groups in total. The second-order valence-electron chi connectivity index (χ2n) is 4.17. The van der Waals surface area contributed by atoms with E-state index < -0.39 is 0 Å². The zero-order valence-corrected chi connectivity index (χ0v) is 11.2. The third kappa shape index (κ3) is 5.27. The molecule has 6 nitrogen and oxygen atoms in total. The van der Waals surface area contributed by atoms with Crippen molar-refractivity contribution in [3.05, 3.63) is 11.6 Å². The van der Waals surface area contributed by atoms with Crippen LogP contribution in [-0.4, -0.2) is 41.3 Å². The van der Waals surface area contributed by atoms with Crippen LogP contribution in [0.4, 0.5) is 0 Å². The SMILES string of the molecule is CCCc1nc(C(=O)NCCCCCOC)n[nH]1. The molecule has 0 bridgehead atoms. The highest BCUT2D eigenvalue weighted by atomic mass is 16.5. The molecule has 0 saturated carbocycles. The Labute approximate surface area is 108 Å². The van der Waals surface area contributed by atoms with Crippen molar-refractivity contribution in [1.29, 1.82) is 0 Å². The predicted molar refractivity (Wildman–Crippen MR) is 68.4 cm³/mol. The Hall–Kier alpha value is -1.43. The third-order valence-corrected chi connectivity index (χ3v) is 2.53. The summed E-state index contributed by atoms with van der Waals surface area (Å²) in [4.78, 5) is 15.8. The fourth-order valence-corrected chi connectivity index (χ4v) is 1.57. The predicted octanol–water partition coefficient (Wildman–Crippen LogP) is 1.30. The summed E-state index contributed by atoms with van der Waals surface area (Å²) in [6.07, 6.45) is 4.81. The Morgan fingerprint density at radius 3 is 2.94 bits per heavy atom. The first kappa shape index (κ1) is 14.6. The van der Waals surface area contributed by atoms with Crippen LogP contribution in [0.1, 0.15) is 49.1 Å². The van der Waals surface area contributed by atoms with E-state index in [1.807, 2.05) is 0 Å². The molecule has 1 aromatic rings. The largest absolute Gasteiger partial charge is 0.385 e. The first-order valence-corrected chi connectivity index (χ1v) is 6.46. The van der Waals surface area contributed by atoms with Gasteiger partial charge in [-0.15, -0.1) is 5.10 Å². The molecule has 0 aromatic carbocycles. The maximum absolute atomic E-state index is 11.7. The van der Waals surface area contributed by atoms with Gasteiger partial charge in [0.2, 0.25) is 5.82 Å². The molecule has 0 atom stereocenters. The van der Waals surface area contributed by atoms with Gasteiger partial charge in [0.1, 0.15) is 5.82 Å². The van der Waals surface area contributed by atoms with Crippen LogP contribution >= 0.6 is 0 Å². The number of hydrogen-bond donors (Lipinski definition) is 2. The van der Waals surface area contributed by atoms with Crippen LogP contribution in [0.25, 0.3) is 0 Å². The maximum atomic E-state index is 11.7. The summed E-state index contributed by atoms with van der Waals surface area (Å²) in [7, 11) is 1.69. The number of aryl methyl sites for hydroxylation is 1. The van der Waals surface area contributed by atoms with Gasteiger partial charge in [0, 0.05) is 26.7 Å². The molecular formula is C12H22N4O2. The number of unbranched alkanes of at least 4 members (excludes halogenated alkanes) is 2. The molecule has 0 saturated heterocycles. The number of rotatable bonds is 9. The highest BCUT2D eigenvalue weighted by molar-refractivity contribution is 5.90. The molecule has 6 heteroatoms. The average Bonchev–Trinajstić information content (AvgIpc) is 2.82. The van der Waals surface area contributed by atoms with E-state index in [2.05, 4.69) is 27.4 Å². The topological polar surface area (TPSA) is 79.9 Å². The van der Waals surface area contributed by atoms with Gasteiger partial charge in [-0.2, -0.15) is 0 Å². The number of ether oxygens (including phenoxy) is 1. The van der Waals surface area contributed by atoms with Gasteiger partial charge in [0.25, 0.3) is 5.91 Å². The summed E-state index contributed by atoms with van der Waals surface area (Å²) < 4.78 is 4.95. The minimum Gasteiger partial charge on any atom is -0.385 e. The number of carbonyl (C=O) groups excluding carboxylic acids is 1. The van der Waals surface area contributed by atoms with Crippen LogP contribution in [0.15, 0.2) is 0 Å². The van der Waals surface area contributed by atoms with E-state index in [0.717, 1.165) is 44.5 Å². The molecule has 0 aliphatic heterocycles. The van der Waals surface area contributed by atoms with Gasteiger partial charge in [-0.05, 0) is 25.7 Å². The van der Waals surface area contributed by atoms with Gasteiger partial charge in [0.15, 0.2) is 0 Å². The molecule has 0 radical (unpaired) electrons. The van der Waals surface area contributed by atoms with E-state index in [1.54, 1.807) is 7.11 Å². The summed E-state index contributed by atoms with van der Waals surface area (Å²) in [5, 5.41) is 9.47. The summed E-state index contributed by atoms with van der Waals surface area (Å²) >= 11 is 0. The molecule has 0 aliphatic rings. The van der Waals surface area contributed by atoms with Crippen LogP contribution in [0.5, 0.6) is 0 Å². The number of aromatic nitrogens is 3. The monoisotopic (exact) mass is 254 g/mol. The van der Waals surface area contributed by atoms with Gasteiger partial charge >= 0.3 is 0 Å². The minimum atomic E-state index is -0.208. The van der Waals surface area contributed by atoms with E-state index in [4.69, 9.17) is 4.74 Å². The second-order valence-corrected chi connectivity index (χ2v) is 4.17. The van der Waals surface area contributed by atoms with E-state index in [-0.39, 0.29) is 11.7 Å². The lowest BCUT2D eigenvalue weighted by Crippen LogP contribution is -2.25. The van der Waals surface area contributed by atoms with E-state index >= 15 is 0 Å². The maximum Gasteiger partial charge on any atom is 0.290 e. The van der Waals surface area contributed by atoms with E-state index in [1.165, 1.54) is 0 Å². The van der Waals surface area contributed by atoms with Crippen LogP contribution in [0, 0.1) is 0 Å². The van der Waals surface area contributed by atoms with Crippen LogP contribution in [0.3, 0.4) is 0 Å². The molecule has 1 rings (SSSR count). The zero-order valence-electron chi connectivity index (χ0n) is 11.2. The van der Waals surface area contributed by atoms with Crippen molar-refractivity contribution in [2.24, 2.45) is 0 Å². The van der Waals surface area contributed by atoms with Crippen molar-refractivity contribution < 1.29 is 9.53 Å². The fraction of sp³-hybridized carbons (Fsp3) is 0.750. The summed E-state index contributed by atoms with van der Waals surface area (Å²) in [5.41, 5.74) is 0. The van der Waals surface area contributed by atoms with Crippen LogP contribution in [0.2, 0.25) is 0 Å². The van der Waals surface area contributed by atoms with Crippen LogP contribution < -0.4 is 5.32 Å². The van der Waals surface area contributed by atoms with Crippen molar-refractivity contribution >= 4 is 5.91 Å². The number of carbonyl (C=O) groups is 1. The number of amides is 1. The van der Waals surface area contributed by atoms with Crippen molar-refractivity contribution in [1.82, 2.24) is 20.5 Å². The van der Waals surface area contributed by atoms with Gasteiger partial charge < -0.3 is 10.1 Å². The second kappa shape index (κ2) is 8.63. The summed E-state index contributed by atoms with van der Waals surface area (Å²) in [6.45, 7) is 3.48. The Balaban J connectivity index is 2.19. The average molecular weight is 254 g/mol. The number of nitrogens with zero attached hydrogens (tertiary/aromatic N) is 2. The normalized spacial score (nSPS) is 10.6. The molecule has 1 heterocycles. The zero-order chi connectivity index (χ0) is 13.2. The smallest absolute Gasteiger partial charge is 0.290 e. The molecule has 1 amide bonds. The first-order valence-electron chi connectivity index (χ1n) is 6.46. The molecule has 0 fully saturated rings. The highest BCUT2D eigenvalue weighted by Gasteiger charge is 2.10. The highest BCUT2D eigenvalue weighted by Crippen LogP contribution is 1.97. The third-order valence-electron chi connectivity index (χ3n) is 2.53. The molecular weight excluding hydrogens is 232 g/mol. The lowest BCUT2D eigenvalue weighted by Gasteiger charge is -2.02. The number of hydrogen-bond acceptors (Lipinski definition) is 4. The lowest BCUT2D eigenvalue weighted by atomic mass is 10.2. The van der Waals surface area contributed by atoms with Crippen LogP contribution in [-0.2, 0) is 11.2 Å². The molecule has 102 valence electrons. The molecule has 0 unspecified atom stereocenters. The van der Waals surface area contributed by atoms with E-state index in [9.17, 15) is 4.79 Å². The fourth-order valence-electron chi connectivity index (χ4n) is 1.57. The van der Waals surface area contributed by atoms with Crippen molar-refractivity contribution in [3.63, 3.8) is 0 Å². The Bertz CT molecular complexity index is 352. The van der Waals surface area contributed by atoms with Crippen molar-refractivity contribution in [3.8, 4) is 0 Å². The number of aromatic amines is 1. The summed E-state index contributed by atoms with van der Waals surface area (Å²) in [6, 6.07) is 0. The molecule has 0 spiro atoms. The Morgan fingerprint density at radius 1 is 1.39 bits per heavy atom.